The predicted molar refractivity (Wildman–Crippen MR) is 59.5 cm³/mol. The number of benzene rings is 1. The molecule has 0 aliphatic rings. The average Bonchev–Trinajstić information content (AvgIpc) is 2.26. The summed E-state index contributed by atoms with van der Waals surface area (Å²) in [4.78, 5) is 11.4. The number of hydrogen-bond acceptors (Lipinski definition) is 2. The van der Waals surface area contributed by atoms with E-state index in [4.69, 9.17) is 4.74 Å². The van der Waals surface area contributed by atoms with E-state index in [1.54, 1.807) is 6.92 Å². The molecular weight excluding hydrogens is 190 g/mol. The van der Waals surface area contributed by atoms with E-state index in [-0.39, 0.29) is 5.91 Å². The van der Waals surface area contributed by atoms with Gasteiger partial charge in [0.1, 0.15) is 6.10 Å². The van der Waals surface area contributed by atoms with Crippen molar-refractivity contribution in [1.82, 2.24) is 5.32 Å². The van der Waals surface area contributed by atoms with Gasteiger partial charge in [0, 0.05) is 13.7 Å². The van der Waals surface area contributed by atoms with Crippen LogP contribution in [-0.2, 0) is 16.1 Å². The fourth-order valence-corrected chi connectivity index (χ4v) is 1.24. The minimum Gasteiger partial charge on any atom is -0.372 e. The largest absolute Gasteiger partial charge is 0.372 e. The Labute approximate surface area is 90.4 Å². The third-order valence-electron chi connectivity index (χ3n) is 2.44. The molecule has 0 fully saturated rings. The summed E-state index contributed by atoms with van der Waals surface area (Å²) in [5, 5.41) is 2.83. The van der Waals surface area contributed by atoms with Crippen LogP contribution in [0.4, 0.5) is 0 Å². The van der Waals surface area contributed by atoms with Gasteiger partial charge in [0.25, 0.3) is 0 Å². The maximum Gasteiger partial charge on any atom is 0.249 e. The smallest absolute Gasteiger partial charge is 0.249 e. The first-order valence-electron chi connectivity index (χ1n) is 5.00. The molecule has 1 amide bonds. The van der Waals surface area contributed by atoms with Gasteiger partial charge in [-0.25, -0.2) is 0 Å². The lowest BCUT2D eigenvalue weighted by molar-refractivity contribution is -0.130. The summed E-state index contributed by atoms with van der Waals surface area (Å²) in [6, 6.07) is 7.99. The maximum absolute atomic E-state index is 11.4. The van der Waals surface area contributed by atoms with Crippen LogP contribution in [0.5, 0.6) is 0 Å². The number of carbonyl (C=O) groups excluding carboxylic acids is 1. The summed E-state index contributed by atoms with van der Waals surface area (Å²) in [5.41, 5.74) is 2.32. The molecule has 1 aromatic carbocycles. The molecule has 1 atom stereocenters. The zero-order valence-corrected chi connectivity index (χ0v) is 9.41. The molecule has 0 radical (unpaired) electrons. The Kier molecular flexibility index (Phi) is 4.31. The lowest BCUT2D eigenvalue weighted by Gasteiger charge is -2.11. The highest BCUT2D eigenvalue weighted by molar-refractivity contribution is 5.80. The summed E-state index contributed by atoms with van der Waals surface area (Å²) >= 11 is 0. The monoisotopic (exact) mass is 207 g/mol. The lowest BCUT2D eigenvalue weighted by Crippen LogP contribution is -2.33. The number of hydrogen-bond donors (Lipinski definition) is 1. The van der Waals surface area contributed by atoms with Crippen LogP contribution >= 0.6 is 0 Å². The van der Waals surface area contributed by atoms with E-state index >= 15 is 0 Å². The van der Waals surface area contributed by atoms with E-state index in [2.05, 4.69) is 5.32 Å². The molecular formula is C12H17NO2. The second-order valence-electron chi connectivity index (χ2n) is 3.52. The van der Waals surface area contributed by atoms with E-state index in [1.807, 2.05) is 31.2 Å². The third kappa shape index (κ3) is 3.36. The Balaban J connectivity index is 2.51. The third-order valence-corrected chi connectivity index (χ3v) is 2.44. The molecule has 0 aliphatic carbocycles. The molecule has 1 N–H and O–H groups in total. The Bertz CT molecular complexity index is 336. The Hall–Kier alpha value is -1.35. The number of nitrogens with one attached hydrogen (secondary N) is 1. The number of carbonyl (C=O) groups is 1. The van der Waals surface area contributed by atoms with Crippen LogP contribution in [0.1, 0.15) is 18.1 Å². The van der Waals surface area contributed by atoms with E-state index in [0.29, 0.717) is 6.54 Å². The van der Waals surface area contributed by atoms with Gasteiger partial charge in [-0.2, -0.15) is 0 Å². The van der Waals surface area contributed by atoms with Crippen molar-refractivity contribution in [3.05, 3.63) is 35.4 Å². The van der Waals surface area contributed by atoms with Gasteiger partial charge in [-0.15, -0.1) is 0 Å². The molecule has 15 heavy (non-hydrogen) atoms. The molecule has 1 rings (SSSR count). The van der Waals surface area contributed by atoms with Gasteiger partial charge in [-0.05, 0) is 25.0 Å². The maximum atomic E-state index is 11.4. The predicted octanol–water partition coefficient (Wildman–Crippen LogP) is 1.65. The number of aryl methyl sites for hydroxylation is 1. The number of ether oxygens (including phenoxy) is 1. The van der Waals surface area contributed by atoms with Crippen LogP contribution in [0.15, 0.2) is 24.3 Å². The van der Waals surface area contributed by atoms with E-state index in [1.165, 1.54) is 12.7 Å². The van der Waals surface area contributed by atoms with Crippen molar-refractivity contribution in [1.29, 1.82) is 0 Å². The molecule has 0 spiro atoms. The van der Waals surface area contributed by atoms with E-state index < -0.39 is 6.10 Å². The van der Waals surface area contributed by atoms with Crippen molar-refractivity contribution in [2.24, 2.45) is 0 Å². The van der Waals surface area contributed by atoms with Gasteiger partial charge in [-0.1, -0.05) is 24.3 Å². The molecule has 0 aliphatic heterocycles. The second kappa shape index (κ2) is 5.51. The summed E-state index contributed by atoms with van der Waals surface area (Å²) in [6.07, 6.45) is -0.394. The van der Waals surface area contributed by atoms with Crippen molar-refractivity contribution in [2.45, 2.75) is 26.5 Å². The minimum atomic E-state index is -0.394. The fourth-order valence-electron chi connectivity index (χ4n) is 1.24. The normalized spacial score (nSPS) is 12.2. The molecule has 0 saturated heterocycles. The van der Waals surface area contributed by atoms with Crippen LogP contribution in [0.2, 0.25) is 0 Å². The van der Waals surface area contributed by atoms with Crippen LogP contribution in [-0.4, -0.2) is 19.1 Å². The standard InChI is InChI=1S/C12H17NO2/c1-9-6-4-5-7-11(9)8-13-12(14)10(2)15-3/h4-7,10H,8H2,1-3H3,(H,13,14). The van der Waals surface area contributed by atoms with Crippen LogP contribution in [0, 0.1) is 6.92 Å². The highest BCUT2D eigenvalue weighted by Gasteiger charge is 2.10. The lowest BCUT2D eigenvalue weighted by atomic mass is 10.1. The average molecular weight is 207 g/mol. The number of rotatable bonds is 4. The number of amides is 1. The minimum absolute atomic E-state index is 0.0826. The van der Waals surface area contributed by atoms with E-state index in [9.17, 15) is 4.79 Å². The van der Waals surface area contributed by atoms with E-state index in [0.717, 1.165) is 5.56 Å². The SMILES string of the molecule is COC(C)C(=O)NCc1ccccc1C. The quantitative estimate of drug-likeness (QED) is 0.815. The molecule has 0 heterocycles. The summed E-state index contributed by atoms with van der Waals surface area (Å²) in [6.45, 7) is 4.31. The van der Waals surface area contributed by atoms with Gasteiger partial charge < -0.3 is 10.1 Å². The first-order chi connectivity index (χ1) is 7.15. The highest BCUT2D eigenvalue weighted by atomic mass is 16.5. The molecule has 1 aromatic rings. The molecule has 3 nitrogen and oxygen atoms in total. The second-order valence-corrected chi connectivity index (χ2v) is 3.52. The van der Waals surface area contributed by atoms with Gasteiger partial charge in [-0.3, -0.25) is 4.79 Å². The van der Waals surface area contributed by atoms with Crippen molar-refractivity contribution in [3.8, 4) is 0 Å². The first kappa shape index (κ1) is 11.7. The summed E-state index contributed by atoms with van der Waals surface area (Å²) < 4.78 is 4.92. The molecule has 82 valence electrons. The van der Waals surface area contributed by atoms with Gasteiger partial charge in [0.2, 0.25) is 5.91 Å². The van der Waals surface area contributed by atoms with Crippen molar-refractivity contribution in [2.75, 3.05) is 7.11 Å². The first-order valence-corrected chi connectivity index (χ1v) is 5.00. The molecule has 1 unspecified atom stereocenters. The Morgan fingerprint density at radius 2 is 2.13 bits per heavy atom. The van der Waals surface area contributed by atoms with Crippen molar-refractivity contribution >= 4 is 5.91 Å². The molecule has 0 saturated carbocycles. The zero-order chi connectivity index (χ0) is 11.3. The fraction of sp³-hybridized carbons (Fsp3) is 0.417. The summed E-state index contributed by atoms with van der Waals surface area (Å²) in [5.74, 6) is -0.0826. The Morgan fingerprint density at radius 3 is 2.73 bits per heavy atom. The molecule has 3 heteroatoms. The van der Waals surface area contributed by atoms with Crippen molar-refractivity contribution in [3.63, 3.8) is 0 Å². The molecule has 0 aromatic heterocycles. The van der Waals surface area contributed by atoms with Crippen LogP contribution in [0.25, 0.3) is 0 Å². The van der Waals surface area contributed by atoms with Crippen molar-refractivity contribution < 1.29 is 9.53 Å². The zero-order valence-electron chi connectivity index (χ0n) is 9.41. The van der Waals surface area contributed by atoms with Crippen LogP contribution in [0.3, 0.4) is 0 Å². The Morgan fingerprint density at radius 1 is 1.47 bits per heavy atom. The van der Waals surface area contributed by atoms with Gasteiger partial charge in [0.05, 0.1) is 0 Å². The van der Waals surface area contributed by atoms with Gasteiger partial charge in [0.15, 0.2) is 0 Å². The topological polar surface area (TPSA) is 38.3 Å². The molecule has 0 bridgehead atoms. The van der Waals surface area contributed by atoms with Crippen LogP contribution < -0.4 is 5.32 Å². The highest BCUT2D eigenvalue weighted by Crippen LogP contribution is 2.06. The number of methoxy groups -OCH3 is 1. The van der Waals surface area contributed by atoms with Gasteiger partial charge >= 0.3 is 0 Å². The summed E-state index contributed by atoms with van der Waals surface area (Å²) in [7, 11) is 1.53.